The molecule has 1 saturated heterocycles. The van der Waals surface area contributed by atoms with Gasteiger partial charge in [-0.2, -0.15) is 0 Å². The summed E-state index contributed by atoms with van der Waals surface area (Å²) >= 11 is 0. The second-order valence-electron chi connectivity index (χ2n) is 6.00. The van der Waals surface area contributed by atoms with Gasteiger partial charge < -0.3 is 30.0 Å². The van der Waals surface area contributed by atoms with E-state index in [9.17, 15) is 0 Å². The van der Waals surface area contributed by atoms with Crippen molar-refractivity contribution in [1.82, 2.24) is 4.98 Å². The molecule has 3 rings (SSSR count). The first-order chi connectivity index (χ1) is 13.2. The van der Waals surface area contributed by atoms with E-state index in [2.05, 4.69) is 15.3 Å². The van der Waals surface area contributed by atoms with Gasteiger partial charge in [-0.1, -0.05) is 0 Å². The van der Waals surface area contributed by atoms with E-state index < -0.39 is 0 Å². The number of nitrogens with two attached hydrogens (primary N) is 1. The van der Waals surface area contributed by atoms with Crippen molar-refractivity contribution in [2.45, 2.75) is 19.1 Å². The Morgan fingerprint density at radius 3 is 2.85 bits per heavy atom. The molecule has 2 heterocycles. The standard InChI is InChI=1S/C19H24N4O4/c1-24-16-4-3-14(10-17(16)25-2)23-19(20)22-11-13-5-7-21-18(9-13)27-15-6-8-26-12-15/h3-5,7,9-10,15H,6,8,11-12H2,1-2H3,(H3,20,22,23). The number of nitrogens with one attached hydrogen (secondary N) is 1. The summed E-state index contributed by atoms with van der Waals surface area (Å²) in [6.45, 7) is 1.74. The summed E-state index contributed by atoms with van der Waals surface area (Å²) in [5.41, 5.74) is 7.70. The molecule has 0 amide bonds. The molecule has 0 spiro atoms. The predicted molar refractivity (Wildman–Crippen MR) is 103 cm³/mol. The minimum atomic E-state index is 0.0630. The highest BCUT2D eigenvalue weighted by molar-refractivity contribution is 5.92. The summed E-state index contributed by atoms with van der Waals surface area (Å²) in [5, 5.41) is 3.04. The lowest BCUT2D eigenvalue weighted by Gasteiger charge is -2.12. The van der Waals surface area contributed by atoms with Crippen LogP contribution in [0.25, 0.3) is 0 Å². The summed E-state index contributed by atoms with van der Waals surface area (Å²) in [5.74, 6) is 2.13. The summed E-state index contributed by atoms with van der Waals surface area (Å²) in [7, 11) is 3.17. The number of hydrogen-bond acceptors (Lipinski definition) is 6. The Morgan fingerprint density at radius 2 is 2.11 bits per heavy atom. The topological polar surface area (TPSA) is 100 Å². The minimum absolute atomic E-state index is 0.0630. The van der Waals surface area contributed by atoms with Crippen molar-refractivity contribution < 1.29 is 18.9 Å². The lowest BCUT2D eigenvalue weighted by Crippen LogP contribution is -2.22. The molecule has 2 aromatic rings. The third-order valence-corrected chi connectivity index (χ3v) is 4.06. The van der Waals surface area contributed by atoms with Crippen LogP contribution in [0.1, 0.15) is 12.0 Å². The molecule has 144 valence electrons. The first kappa shape index (κ1) is 18.8. The molecule has 1 aromatic carbocycles. The molecule has 0 saturated carbocycles. The van der Waals surface area contributed by atoms with E-state index >= 15 is 0 Å². The molecule has 27 heavy (non-hydrogen) atoms. The summed E-state index contributed by atoms with van der Waals surface area (Å²) in [4.78, 5) is 8.60. The lowest BCUT2D eigenvalue weighted by atomic mass is 10.2. The zero-order chi connectivity index (χ0) is 19.1. The van der Waals surface area contributed by atoms with Crippen molar-refractivity contribution in [2.75, 3.05) is 32.8 Å². The molecular formula is C19H24N4O4. The third kappa shape index (κ3) is 5.24. The Morgan fingerprint density at radius 1 is 1.26 bits per heavy atom. The predicted octanol–water partition coefficient (Wildman–Crippen LogP) is 2.19. The van der Waals surface area contributed by atoms with Gasteiger partial charge in [0.2, 0.25) is 5.88 Å². The molecule has 1 aliphatic rings. The van der Waals surface area contributed by atoms with Crippen LogP contribution in [-0.2, 0) is 11.3 Å². The maximum absolute atomic E-state index is 5.99. The van der Waals surface area contributed by atoms with Gasteiger partial charge in [-0.05, 0) is 23.8 Å². The van der Waals surface area contributed by atoms with Gasteiger partial charge in [0.05, 0.1) is 34.0 Å². The van der Waals surface area contributed by atoms with E-state index in [0.717, 1.165) is 24.3 Å². The molecule has 0 radical (unpaired) electrons. The second-order valence-corrected chi connectivity index (χ2v) is 6.00. The number of anilines is 1. The number of aromatic nitrogens is 1. The van der Waals surface area contributed by atoms with Gasteiger partial charge in [0, 0.05) is 30.4 Å². The number of guanidine groups is 1. The van der Waals surface area contributed by atoms with E-state index in [1.165, 1.54) is 0 Å². The largest absolute Gasteiger partial charge is 0.493 e. The average molecular weight is 372 g/mol. The Labute approximate surface area is 158 Å². The molecule has 1 unspecified atom stereocenters. The number of methoxy groups -OCH3 is 2. The molecule has 0 bridgehead atoms. The van der Waals surface area contributed by atoms with E-state index in [0.29, 0.717) is 36.5 Å². The smallest absolute Gasteiger partial charge is 0.213 e. The Balaban J connectivity index is 1.60. The summed E-state index contributed by atoms with van der Waals surface area (Å²) in [6, 6.07) is 9.18. The van der Waals surface area contributed by atoms with Gasteiger partial charge in [0.25, 0.3) is 0 Å². The van der Waals surface area contributed by atoms with Crippen LogP contribution in [0.3, 0.4) is 0 Å². The zero-order valence-electron chi connectivity index (χ0n) is 15.5. The molecule has 1 aromatic heterocycles. The van der Waals surface area contributed by atoms with Crippen LogP contribution in [0.2, 0.25) is 0 Å². The van der Waals surface area contributed by atoms with Crippen molar-refractivity contribution in [3.8, 4) is 17.4 Å². The fraction of sp³-hybridized carbons (Fsp3) is 0.368. The summed E-state index contributed by atoms with van der Waals surface area (Å²) in [6.07, 6.45) is 2.65. The first-order valence-corrected chi connectivity index (χ1v) is 8.66. The molecule has 0 aliphatic carbocycles. The van der Waals surface area contributed by atoms with Crippen LogP contribution in [-0.4, -0.2) is 44.5 Å². The highest BCUT2D eigenvalue weighted by Crippen LogP contribution is 2.29. The number of aliphatic imine (C=N–C) groups is 1. The molecule has 1 fully saturated rings. The minimum Gasteiger partial charge on any atom is -0.493 e. The molecule has 1 atom stereocenters. The molecule has 8 heteroatoms. The fourth-order valence-corrected chi connectivity index (χ4v) is 2.67. The normalized spacial score (nSPS) is 16.8. The van der Waals surface area contributed by atoms with Gasteiger partial charge in [-0.3, -0.25) is 0 Å². The van der Waals surface area contributed by atoms with Gasteiger partial charge >= 0.3 is 0 Å². The van der Waals surface area contributed by atoms with Crippen LogP contribution in [0.4, 0.5) is 5.69 Å². The Kier molecular flexibility index (Phi) is 6.32. The van der Waals surface area contributed by atoms with Crippen LogP contribution in [0.15, 0.2) is 41.5 Å². The molecular weight excluding hydrogens is 348 g/mol. The quantitative estimate of drug-likeness (QED) is 0.567. The third-order valence-electron chi connectivity index (χ3n) is 4.06. The van der Waals surface area contributed by atoms with E-state index in [4.69, 9.17) is 24.7 Å². The van der Waals surface area contributed by atoms with Crippen LogP contribution >= 0.6 is 0 Å². The van der Waals surface area contributed by atoms with Crippen molar-refractivity contribution in [3.63, 3.8) is 0 Å². The molecule has 8 nitrogen and oxygen atoms in total. The number of rotatable bonds is 7. The Hall–Kier alpha value is -3.00. The second kappa shape index (κ2) is 9.09. The number of pyridine rings is 1. The highest BCUT2D eigenvalue weighted by atomic mass is 16.5. The van der Waals surface area contributed by atoms with Crippen molar-refractivity contribution in [1.29, 1.82) is 0 Å². The fourth-order valence-electron chi connectivity index (χ4n) is 2.67. The van der Waals surface area contributed by atoms with Crippen molar-refractivity contribution in [3.05, 3.63) is 42.1 Å². The average Bonchev–Trinajstić information content (AvgIpc) is 3.19. The zero-order valence-corrected chi connectivity index (χ0v) is 15.5. The van der Waals surface area contributed by atoms with Crippen LogP contribution in [0.5, 0.6) is 17.4 Å². The van der Waals surface area contributed by atoms with E-state index in [-0.39, 0.29) is 6.10 Å². The maximum Gasteiger partial charge on any atom is 0.213 e. The lowest BCUT2D eigenvalue weighted by molar-refractivity contribution is 0.138. The van der Waals surface area contributed by atoms with Gasteiger partial charge in [0.15, 0.2) is 17.5 Å². The summed E-state index contributed by atoms with van der Waals surface area (Å²) < 4.78 is 21.6. The van der Waals surface area contributed by atoms with Gasteiger partial charge in [0.1, 0.15) is 6.10 Å². The number of benzene rings is 1. The van der Waals surface area contributed by atoms with Crippen LogP contribution in [0, 0.1) is 0 Å². The number of hydrogen-bond donors (Lipinski definition) is 2. The number of nitrogens with zero attached hydrogens (tertiary/aromatic N) is 2. The van der Waals surface area contributed by atoms with Gasteiger partial charge in [-0.25, -0.2) is 9.98 Å². The Bertz CT molecular complexity index is 791. The number of ether oxygens (including phenoxy) is 4. The van der Waals surface area contributed by atoms with Crippen molar-refractivity contribution in [2.24, 2.45) is 10.7 Å². The molecule has 1 aliphatic heterocycles. The molecule has 3 N–H and O–H groups in total. The maximum atomic E-state index is 5.99. The van der Waals surface area contributed by atoms with E-state index in [1.807, 2.05) is 18.2 Å². The van der Waals surface area contributed by atoms with E-state index in [1.54, 1.807) is 32.5 Å². The van der Waals surface area contributed by atoms with Crippen LogP contribution < -0.4 is 25.3 Å². The highest BCUT2D eigenvalue weighted by Gasteiger charge is 2.17. The monoisotopic (exact) mass is 372 g/mol. The van der Waals surface area contributed by atoms with Gasteiger partial charge in [-0.15, -0.1) is 0 Å². The first-order valence-electron chi connectivity index (χ1n) is 8.66. The van der Waals surface area contributed by atoms with Crippen molar-refractivity contribution >= 4 is 11.6 Å². The SMILES string of the molecule is COc1ccc(NC(N)=NCc2ccnc(OC3CCOC3)c2)cc1OC.